The van der Waals surface area contributed by atoms with Gasteiger partial charge in [-0.3, -0.25) is 14.3 Å². The maximum absolute atomic E-state index is 12.3. The molecule has 11 nitrogen and oxygen atoms in total. The number of aliphatic hydroxyl groups excluding tert-OH is 2. The Morgan fingerprint density at radius 1 is 1.21 bits per heavy atom. The third-order valence-electron chi connectivity index (χ3n) is 4.58. The first-order valence-corrected chi connectivity index (χ1v) is 8.41. The molecule has 1 aliphatic heterocycles. The Balaban J connectivity index is 1.89. The van der Waals surface area contributed by atoms with Crippen molar-refractivity contribution in [2.75, 3.05) is 5.73 Å². The van der Waals surface area contributed by atoms with Crippen molar-refractivity contribution < 1.29 is 24.9 Å². The summed E-state index contributed by atoms with van der Waals surface area (Å²) in [5, 5.41) is 29.7. The second-order valence-corrected chi connectivity index (χ2v) is 6.45. The maximum Gasteiger partial charge on any atom is 0.335 e. The van der Waals surface area contributed by atoms with Gasteiger partial charge in [-0.2, -0.15) is 4.98 Å². The number of H-pyrrole nitrogens is 1. The average molecular weight is 387 g/mol. The van der Waals surface area contributed by atoms with Crippen LogP contribution in [0.15, 0.2) is 35.1 Å². The van der Waals surface area contributed by atoms with E-state index in [-0.39, 0.29) is 23.5 Å². The van der Waals surface area contributed by atoms with E-state index in [0.717, 1.165) is 5.56 Å². The van der Waals surface area contributed by atoms with Gasteiger partial charge in [-0.15, -0.1) is 0 Å². The largest absolute Gasteiger partial charge is 0.479 e. The minimum absolute atomic E-state index is 0.0227. The zero-order valence-corrected chi connectivity index (χ0v) is 14.4. The van der Waals surface area contributed by atoms with Gasteiger partial charge in [0.25, 0.3) is 5.56 Å². The average Bonchev–Trinajstić information content (AvgIpc) is 3.14. The summed E-state index contributed by atoms with van der Waals surface area (Å²) in [4.78, 5) is 34.3. The van der Waals surface area contributed by atoms with E-state index in [1.807, 2.05) is 30.3 Å². The molecule has 0 unspecified atom stereocenters. The zero-order chi connectivity index (χ0) is 20.0. The zero-order valence-electron chi connectivity index (χ0n) is 14.4. The van der Waals surface area contributed by atoms with E-state index in [1.165, 1.54) is 4.57 Å². The molecule has 11 heteroatoms. The maximum atomic E-state index is 12.3. The first kappa shape index (κ1) is 18.1. The molecule has 2 aromatic heterocycles. The van der Waals surface area contributed by atoms with Crippen LogP contribution in [0.5, 0.6) is 0 Å². The van der Waals surface area contributed by atoms with Crippen molar-refractivity contribution in [3.05, 3.63) is 52.1 Å². The molecular formula is C17H17N5O6. The number of nitrogens with one attached hydrogen (secondary N) is 1. The quantitative estimate of drug-likeness (QED) is 0.375. The highest BCUT2D eigenvalue weighted by Gasteiger charge is 2.48. The number of anilines is 1. The number of aliphatic hydroxyl groups is 2. The molecule has 6 N–H and O–H groups in total. The summed E-state index contributed by atoms with van der Waals surface area (Å²) in [6, 6.07) is 9.19. The molecule has 4 rings (SSSR count). The van der Waals surface area contributed by atoms with Crippen molar-refractivity contribution in [1.29, 1.82) is 0 Å². The minimum atomic E-state index is -1.66. The highest BCUT2D eigenvalue weighted by atomic mass is 16.6. The molecule has 3 heterocycles. The molecule has 0 saturated carbocycles. The van der Waals surface area contributed by atoms with Crippen molar-refractivity contribution in [2.24, 2.45) is 0 Å². The van der Waals surface area contributed by atoms with Crippen LogP contribution in [0.4, 0.5) is 5.95 Å². The fraction of sp³-hybridized carbons (Fsp3) is 0.294. The normalized spacial score (nSPS) is 24.6. The van der Waals surface area contributed by atoms with Crippen molar-refractivity contribution in [2.45, 2.75) is 31.0 Å². The number of rotatable bonds is 4. The van der Waals surface area contributed by atoms with Gasteiger partial charge in [0.1, 0.15) is 18.0 Å². The second kappa shape index (κ2) is 6.71. The Morgan fingerprint density at radius 2 is 1.93 bits per heavy atom. The number of fused-ring (bicyclic) bond motifs is 1. The predicted octanol–water partition coefficient (Wildman–Crippen LogP) is -1.00. The molecule has 1 saturated heterocycles. The predicted molar refractivity (Wildman–Crippen MR) is 95.4 cm³/mol. The number of carboxylic acid groups (broad SMARTS) is 1. The van der Waals surface area contributed by atoms with E-state index in [1.54, 1.807) is 0 Å². The molecule has 1 aromatic carbocycles. The summed E-state index contributed by atoms with van der Waals surface area (Å²) in [5.41, 5.74) is 5.89. The van der Waals surface area contributed by atoms with Crippen LogP contribution in [0.25, 0.3) is 11.2 Å². The number of aliphatic carboxylic acids is 1. The van der Waals surface area contributed by atoms with Gasteiger partial charge in [0.05, 0.1) is 0 Å². The van der Waals surface area contributed by atoms with Crippen molar-refractivity contribution >= 4 is 23.1 Å². The Morgan fingerprint density at radius 3 is 2.57 bits per heavy atom. The highest BCUT2D eigenvalue weighted by Crippen LogP contribution is 2.33. The topological polar surface area (TPSA) is 177 Å². The number of hydrogen-bond donors (Lipinski definition) is 5. The van der Waals surface area contributed by atoms with Crippen molar-refractivity contribution in [3.63, 3.8) is 0 Å². The summed E-state index contributed by atoms with van der Waals surface area (Å²) >= 11 is 0. The summed E-state index contributed by atoms with van der Waals surface area (Å²) in [6.45, 7) is 0. The summed E-state index contributed by atoms with van der Waals surface area (Å²) in [5.74, 6) is -1.30. The van der Waals surface area contributed by atoms with Gasteiger partial charge < -0.3 is 25.8 Å². The van der Waals surface area contributed by atoms with Gasteiger partial charge in [-0.1, -0.05) is 30.3 Å². The lowest BCUT2D eigenvalue weighted by molar-refractivity contribution is -0.155. The number of carbonyl (C=O) groups is 1. The van der Waals surface area contributed by atoms with Crippen LogP contribution in [-0.2, 0) is 16.0 Å². The van der Waals surface area contributed by atoms with Gasteiger partial charge in [-0.05, 0) is 5.56 Å². The van der Waals surface area contributed by atoms with Gasteiger partial charge in [0.15, 0.2) is 23.5 Å². The van der Waals surface area contributed by atoms with Gasteiger partial charge in [0, 0.05) is 6.42 Å². The molecule has 4 atom stereocenters. The molecular weight excluding hydrogens is 370 g/mol. The molecule has 0 bridgehead atoms. The summed E-state index contributed by atoms with van der Waals surface area (Å²) in [6.07, 6.45) is -5.94. The smallest absolute Gasteiger partial charge is 0.335 e. The first-order valence-electron chi connectivity index (χ1n) is 8.41. The number of aromatic nitrogens is 4. The Bertz CT molecular complexity index is 1090. The number of carboxylic acids is 1. The Kier molecular flexibility index (Phi) is 4.34. The molecule has 1 aliphatic rings. The van der Waals surface area contributed by atoms with E-state index in [9.17, 15) is 24.9 Å². The molecule has 28 heavy (non-hydrogen) atoms. The number of hydrogen-bond acceptors (Lipinski definition) is 8. The van der Waals surface area contributed by atoms with Crippen LogP contribution < -0.4 is 11.3 Å². The number of benzene rings is 1. The number of nitrogens with zero attached hydrogens (tertiary/aromatic N) is 3. The van der Waals surface area contributed by atoms with Crippen LogP contribution in [0.3, 0.4) is 0 Å². The SMILES string of the molecule is Nc1nc2c(nc(Cc3ccccc3)n2[C@@H]2O[C@H](C(=O)O)[C@@H](O)[C@H]2O)c(=O)[nH]1. The summed E-state index contributed by atoms with van der Waals surface area (Å²) < 4.78 is 6.70. The number of nitrogens with two attached hydrogens (primary N) is 1. The van der Waals surface area contributed by atoms with Crippen molar-refractivity contribution in [3.8, 4) is 0 Å². The van der Waals surface area contributed by atoms with E-state index in [0.29, 0.717) is 5.82 Å². The van der Waals surface area contributed by atoms with Crippen LogP contribution in [-0.4, -0.2) is 59.1 Å². The van der Waals surface area contributed by atoms with Crippen LogP contribution >= 0.6 is 0 Å². The van der Waals surface area contributed by atoms with Crippen LogP contribution in [0.2, 0.25) is 0 Å². The Labute approximate surface area is 157 Å². The minimum Gasteiger partial charge on any atom is -0.479 e. The Hall–Kier alpha value is -3.28. The van der Waals surface area contributed by atoms with E-state index >= 15 is 0 Å². The number of aromatic amines is 1. The fourth-order valence-corrected chi connectivity index (χ4v) is 3.29. The molecule has 0 spiro atoms. The van der Waals surface area contributed by atoms with Crippen LogP contribution in [0, 0.1) is 0 Å². The molecule has 146 valence electrons. The lowest BCUT2D eigenvalue weighted by Crippen LogP contribution is -2.36. The number of imidazole rings is 1. The van der Waals surface area contributed by atoms with E-state index in [4.69, 9.17) is 10.5 Å². The lowest BCUT2D eigenvalue weighted by atomic mass is 10.1. The monoisotopic (exact) mass is 387 g/mol. The number of nitrogen functional groups attached to an aromatic ring is 1. The molecule has 1 fully saturated rings. The number of ether oxygens (including phenoxy) is 1. The first-order chi connectivity index (χ1) is 13.4. The van der Waals surface area contributed by atoms with E-state index < -0.39 is 36.1 Å². The third-order valence-corrected chi connectivity index (χ3v) is 4.58. The fourth-order valence-electron chi connectivity index (χ4n) is 3.29. The van der Waals surface area contributed by atoms with E-state index in [2.05, 4.69) is 15.0 Å². The third kappa shape index (κ3) is 2.91. The van der Waals surface area contributed by atoms with Gasteiger partial charge >= 0.3 is 5.97 Å². The summed E-state index contributed by atoms with van der Waals surface area (Å²) in [7, 11) is 0. The van der Waals surface area contributed by atoms with Crippen molar-refractivity contribution in [1.82, 2.24) is 19.5 Å². The van der Waals surface area contributed by atoms with Gasteiger partial charge in [-0.25, -0.2) is 9.78 Å². The molecule has 0 aliphatic carbocycles. The standard InChI is InChI=1S/C17H17N5O6/c18-17-20-13-9(14(25)21-17)19-8(6-7-4-2-1-3-5-7)22(13)15-11(24)10(23)12(28-15)16(26)27/h1-5,10-12,15,23-24H,6H2,(H,26,27)(H3,18,20,21,25)/t10-,11+,12-,15+/m0/s1. The molecule has 3 aromatic rings. The van der Waals surface area contributed by atoms with Crippen LogP contribution in [0.1, 0.15) is 17.6 Å². The lowest BCUT2D eigenvalue weighted by Gasteiger charge is -2.19. The second-order valence-electron chi connectivity index (χ2n) is 6.45. The molecule has 0 radical (unpaired) electrons. The molecule has 0 amide bonds. The highest BCUT2D eigenvalue weighted by molar-refractivity contribution is 5.74. The van der Waals surface area contributed by atoms with Gasteiger partial charge in [0.2, 0.25) is 5.95 Å².